The molecule has 0 radical (unpaired) electrons. The summed E-state index contributed by atoms with van der Waals surface area (Å²) < 4.78 is 26.0. The topological polar surface area (TPSA) is 144 Å². The lowest BCUT2D eigenvalue weighted by molar-refractivity contribution is -0.256. The Bertz CT molecular complexity index is 1480. The molecule has 1 saturated heterocycles. The van der Waals surface area contributed by atoms with Gasteiger partial charge < -0.3 is 29.8 Å². The van der Waals surface area contributed by atoms with Crippen LogP contribution in [0.15, 0.2) is 67.0 Å². The zero-order valence-electron chi connectivity index (χ0n) is 21.4. The van der Waals surface area contributed by atoms with E-state index in [9.17, 15) is 9.90 Å². The van der Waals surface area contributed by atoms with Crippen LogP contribution >= 0.6 is 0 Å². The van der Waals surface area contributed by atoms with E-state index in [0.29, 0.717) is 36.2 Å². The minimum absolute atomic E-state index is 0.00436. The molecule has 0 amide bonds. The van der Waals surface area contributed by atoms with Gasteiger partial charge in [-0.05, 0) is 37.5 Å². The maximum Gasteiger partial charge on any atom is 0.338 e. The standard InChI is InChI=1S/C28H29N5O6/c1-2-36-23-20-22(31-26(29)32-23)33(17-30-20)24-21(34)28(38-15-18-9-5-3-6-10-18)14-13-27(28,39-24)16-37-25(35)19-11-7-4-8-12-19/h3-12,17,21,24,34H,2,13-16H2,1H3,(H2,29,31,32). The summed E-state index contributed by atoms with van der Waals surface area (Å²) in [5.74, 6) is -0.231. The van der Waals surface area contributed by atoms with Crippen molar-refractivity contribution in [2.24, 2.45) is 0 Å². The first-order chi connectivity index (χ1) is 19.0. The van der Waals surface area contributed by atoms with E-state index in [0.717, 1.165) is 5.56 Å². The Morgan fingerprint density at radius 3 is 2.56 bits per heavy atom. The molecular weight excluding hydrogens is 502 g/mol. The molecule has 0 bridgehead atoms. The van der Waals surface area contributed by atoms with Crippen molar-refractivity contribution in [2.75, 3.05) is 18.9 Å². The highest BCUT2D eigenvalue weighted by molar-refractivity contribution is 5.89. The fourth-order valence-corrected chi connectivity index (χ4v) is 5.43. The molecule has 1 saturated carbocycles. The number of nitrogens with zero attached hydrogens (tertiary/aromatic N) is 4. The summed E-state index contributed by atoms with van der Waals surface area (Å²) in [4.78, 5) is 25.7. The first-order valence-corrected chi connectivity index (χ1v) is 12.9. The number of ether oxygens (including phenoxy) is 4. The van der Waals surface area contributed by atoms with Crippen LogP contribution in [0.5, 0.6) is 5.88 Å². The van der Waals surface area contributed by atoms with Crippen LogP contribution in [0.2, 0.25) is 0 Å². The van der Waals surface area contributed by atoms with Gasteiger partial charge in [0, 0.05) is 0 Å². The summed E-state index contributed by atoms with van der Waals surface area (Å²) in [7, 11) is 0. The molecule has 1 aliphatic carbocycles. The van der Waals surface area contributed by atoms with Crippen LogP contribution in [-0.4, -0.2) is 61.1 Å². The van der Waals surface area contributed by atoms with Gasteiger partial charge in [-0.1, -0.05) is 48.5 Å². The molecule has 11 nitrogen and oxygen atoms in total. The molecule has 3 N–H and O–H groups in total. The molecule has 11 heteroatoms. The highest BCUT2D eigenvalue weighted by Gasteiger charge is 2.73. The number of aliphatic hydroxyl groups excluding tert-OH is 1. The third kappa shape index (κ3) is 4.19. The number of rotatable bonds is 9. The van der Waals surface area contributed by atoms with E-state index in [4.69, 9.17) is 24.7 Å². The number of carbonyl (C=O) groups excluding carboxylic acids is 1. The first-order valence-electron chi connectivity index (χ1n) is 12.9. The first kappa shape index (κ1) is 25.2. The summed E-state index contributed by atoms with van der Waals surface area (Å²) in [6.45, 7) is 2.35. The summed E-state index contributed by atoms with van der Waals surface area (Å²) in [6.07, 6.45) is 0.468. The zero-order chi connectivity index (χ0) is 27.0. The predicted molar refractivity (Wildman–Crippen MR) is 140 cm³/mol. The number of nitrogen functional groups attached to an aromatic ring is 1. The van der Waals surface area contributed by atoms with Gasteiger partial charge in [-0.15, -0.1) is 0 Å². The summed E-state index contributed by atoms with van der Waals surface area (Å²) >= 11 is 0. The van der Waals surface area contributed by atoms with Crippen LogP contribution < -0.4 is 10.5 Å². The average Bonchev–Trinajstić information content (AvgIpc) is 3.43. The lowest BCUT2D eigenvalue weighted by Gasteiger charge is -2.53. The summed E-state index contributed by atoms with van der Waals surface area (Å²) in [5, 5.41) is 11.8. The molecule has 4 atom stereocenters. The molecule has 2 aliphatic rings. The van der Waals surface area contributed by atoms with E-state index >= 15 is 0 Å². The third-order valence-electron chi connectivity index (χ3n) is 7.51. The number of imidazole rings is 1. The number of anilines is 1. The van der Waals surface area contributed by atoms with Crippen molar-refractivity contribution < 1.29 is 28.8 Å². The van der Waals surface area contributed by atoms with Crippen LogP contribution in [0.3, 0.4) is 0 Å². The van der Waals surface area contributed by atoms with E-state index in [-0.39, 0.29) is 25.0 Å². The zero-order valence-corrected chi connectivity index (χ0v) is 21.4. The Kier molecular flexibility index (Phi) is 6.42. The van der Waals surface area contributed by atoms with Gasteiger partial charge in [0.2, 0.25) is 11.8 Å². The van der Waals surface area contributed by atoms with Crippen LogP contribution in [0.4, 0.5) is 5.95 Å². The van der Waals surface area contributed by atoms with Crippen LogP contribution in [-0.2, 0) is 20.8 Å². The second-order valence-corrected chi connectivity index (χ2v) is 9.70. The maximum atomic E-state index is 12.8. The number of fused-ring (bicyclic) bond motifs is 2. The smallest absolute Gasteiger partial charge is 0.338 e. The van der Waals surface area contributed by atoms with E-state index in [2.05, 4.69) is 15.0 Å². The Labute approximate surface area is 224 Å². The number of carbonyl (C=O) groups is 1. The van der Waals surface area contributed by atoms with Gasteiger partial charge in [0.1, 0.15) is 23.9 Å². The lowest BCUT2D eigenvalue weighted by atomic mass is 9.64. The maximum absolute atomic E-state index is 12.8. The molecule has 4 unspecified atom stereocenters. The number of nitrogens with two attached hydrogens (primary N) is 1. The van der Waals surface area contributed by atoms with Crippen LogP contribution in [0.25, 0.3) is 11.2 Å². The van der Waals surface area contributed by atoms with Gasteiger partial charge >= 0.3 is 5.97 Å². The quantitative estimate of drug-likeness (QED) is 0.309. The molecule has 3 heterocycles. The molecule has 39 heavy (non-hydrogen) atoms. The lowest BCUT2D eigenvalue weighted by Crippen LogP contribution is -2.68. The van der Waals surface area contributed by atoms with Crippen molar-refractivity contribution in [3.8, 4) is 5.88 Å². The molecule has 0 spiro atoms. The van der Waals surface area contributed by atoms with Crippen molar-refractivity contribution in [1.82, 2.24) is 19.5 Å². The summed E-state index contributed by atoms with van der Waals surface area (Å²) in [5.41, 5.74) is 5.85. The monoisotopic (exact) mass is 531 g/mol. The molecule has 2 fully saturated rings. The second-order valence-electron chi connectivity index (χ2n) is 9.70. The van der Waals surface area contributed by atoms with Gasteiger partial charge in [-0.2, -0.15) is 9.97 Å². The van der Waals surface area contributed by atoms with Gasteiger partial charge in [0.25, 0.3) is 0 Å². The molecule has 1 aliphatic heterocycles. The highest BCUT2D eigenvalue weighted by atomic mass is 16.6. The third-order valence-corrected chi connectivity index (χ3v) is 7.51. The number of aromatic nitrogens is 4. The van der Waals surface area contributed by atoms with E-state index in [1.165, 1.54) is 6.33 Å². The molecule has 2 aromatic heterocycles. The van der Waals surface area contributed by atoms with Crippen molar-refractivity contribution in [2.45, 2.75) is 49.9 Å². The van der Waals surface area contributed by atoms with E-state index in [1.807, 2.05) is 43.3 Å². The van der Waals surface area contributed by atoms with E-state index in [1.54, 1.807) is 28.8 Å². The number of benzene rings is 2. The minimum atomic E-state index is -1.14. The fraction of sp³-hybridized carbons (Fsp3) is 0.357. The van der Waals surface area contributed by atoms with Gasteiger partial charge in [-0.3, -0.25) is 4.57 Å². The number of hydrogen-bond donors (Lipinski definition) is 2. The molecular formula is C28H29N5O6. The molecule has 6 rings (SSSR count). The van der Waals surface area contributed by atoms with Crippen molar-refractivity contribution in [3.63, 3.8) is 0 Å². The molecule has 4 aromatic rings. The average molecular weight is 532 g/mol. The number of esters is 1. The van der Waals surface area contributed by atoms with Gasteiger partial charge in [-0.25, -0.2) is 9.78 Å². The Hall–Kier alpha value is -4.06. The predicted octanol–water partition coefficient (Wildman–Crippen LogP) is 3.04. The Balaban J connectivity index is 1.34. The van der Waals surface area contributed by atoms with Crippen molar-refractivity contribution in [3.05, 3.63) is 78.1 Å². The van der Waals surface area contributed by atoms with Crippen LogP contribution in [0.1, 0.15) is 41.9 Å². The normalized spacial score (nSPS) is 25.7. The fourth-order valence-electron chi connectivity index (χ4n) is 5.43. The minimum Gasteiger partial charge on any atom is -0.476 e. The number of aliphatic hydroxyl groups is 1. The van der Waals surface area contributed by atoms with Gasteiger partial charge in [0.05, 0.1) is 25.1 Å². The Morgan fingerprint density at radius 1 is 1.13 bits per heavy atom. The second kappa shape index (κ2) is 9.92. The molecule has 202 valence electrons. The van der Waals surface area contributed by atoms with Crippen LogP contribution in [0, 0.1) is 0 Å². The Morgan fingerprint density at radius 2 is 1.87 bits per heavy atom. The van der Waals surface area contributed by atoms with Gasteiger partial charge in [0.15, 0.2) is 17.4 Å². The summed E-state index contributed by atoms with van der Waals surface area (Å²) in [6, 6.07) is 18.4. The number of hydrogen-bond acceptors (Lipinski definition) is 10. The highest BCUT2D eigenvalue weighted by Crippen LogP contribution is 2.60. The molecule has 2 aromatic carbocycles. The van der Waals surface area contributed by atoms with E-state index < -0.39 is 29.5 Å². The SMILES string of the molecule is CCOc1nc(N)nc2c1ncn2C1OC2(COC(=O)c3ccccc3)CCC2(OCc2ccccc2)C1O. The largest absolute Gasteiger partial charge is 0.476 e. The van der Waals surface area contributed by atoms with Crippen molar-refractivity contribution >= 4 is 23.1 Å². The van der Waals surface area contributed by atoms with Crippen molar-refractivity contribution in [1.29, 1.82) is 0 Å².